The summed E-state index contributed by atoms with van der Waals surface area (Å²) in [7, 11) is 2.82. The summed E-state index contributed by atoms with van der Waals surface area (Å²) in [5.74, 6) is -2.17. The van der Waals surface area contributed by atoms with Crippen LogP contribution in [-0.2, 0) is 14.3 Å². The standard InChI is InChI=1S/C30H28ClNO7/c1-5-13-39-30(36)18-9-11-20(12-10-18)32-26(19-8-6-7-17(2)14-19)25(28(34)29(32)35)27(33)21-15-24(38-4)22(31)16-23(21)37-3/h6-12,14-16,26,33H,5,13H2,1-4H3/b27-25+. The van der Waals surface area contributed by atoms with Gasteiger partial charge in [0.25, 0.3) is 11.7 Å². The number of halogens is 1. The Kier molecular flexibility index (Phi) is 8.26. The fourth-order valence-corrected chi connectivity index (χ4v) is 4.71. The molecule has 1 fully saturated rings. The van der Waals surface area contributed by atoms with Crippen molar-refractivity contribution in [3.63, 3.8) is 0 Å². The minimum atomic E-state index is -0.964. The first-order valence-corrected chi connectivity index (χ1v) is 12.7. The molecule has 0 bridgehead atoms. The molecule has 0 saturated carbocycles. The number of rotatable bonds is 8. The van der Waals surface area contributed by atoms with Crippen LogP contribution in [0, 0.1) is 6.92 Å². The number of methoxy groups -OCH3 is 2. The number of carbonyl (C=O) groups excluding carboxylic acids is 3. The Balaban J connectivity index is 1.90. The van der Waals surface area contributed by atoms with Gasteiger partial charge in [-0.25, -0.2) is 4.79 Å². The first-order chi connectivity index (χ1) is 18.7. The number of anilines is 1. The van der Waals surface area contributed by atoms with E-state index < -0.39 is 29.5 Å². The Labute approximate surface area is 231 Å². The molecular weight excluding hydrogens is 522 g/mol. The number of hydrogen-bond acceptors (Lipinski definition) is 7. The summed E-state index contributed by atoms with van der Waals surface area (Å²) >= 11 is 6.24. The molecule has 1 amide bonds. The Morgan fingerprint density at radius 2 is 1.69 bits per heavy atom. The molecule has 39 heavy (non-hydrogen) atoms. The van der Waals surface area contributed by atoms with Crippen LogP contribution in [0.3, 0.4) is 0 Å². The van der Waals surface area contributed by atoms with Gasteiger partial charge in [0.1, 0.15) is 17.3 Å². The van der Waals surface area contributed by atoms with Crippen LogP contribution in [0.2, 0.25) is 5.02 Å². The van der Waals surface area contributed by atoms with E-state index >= 15 is 0 Å². The van der Waals surface area contributed by atoms with Crippen molar-refractivity contribution in [2.75, 3.05) is 25.7 Å². The second kappa shape index (κ2) is 11.6. The Bertz CT molecular complexity index is 1460. The molecule has 1 N–H and O–H groups in total. The topological polar surface area (TPSA) is 102 Å². The molecule has 202 valence electrons. The van der Waals surface area contributed by atoms with Gasteiger partial charge >= 0.3 is 5.97 Å². The number of carbonyl (C=O) groups is 3. The molecule has 0 spiro atoms. The summed E-state index contributed by atoms with van der Waals surface area (Å²) < 4.78 is 15.9. The maximum Gasteiger partial charge on any atom is 0.338 e. The predicted octanol–water partition coefficient (Wildman–Crippen LogP) is 5.86. The number of Topliss-reactive ketones (excluding diaryl/α,β-unsaturated/α-hetero) is 1. The van der Waals surface area contributed by atoms with Crippen molar-refractivity contribution in [1.82, 2.24) is 0 Å². The van der Waals surface area contributed by atoms with Crippen LogP contribution in [0.5, 0.6) is 11.5 Å². The second-order valence-electron chi connectivity index (χ2n) is 8.95. The second-order valence-corrected chi connectivity index (χ2v) is 9.36. The summed E-state index contributed by atoms with van der Waals surface area (Å²) in [4.78, 5) is 40.6. The molecule has 4 rings (SSSR count). The zero-order valence-corrected chi connectivity index (χ0v) is 22.7. The monoisotopic (exact) mass is 549 g/mol. The lowest BCUT2D eigenvalue weighted by Gasteiger charge is -2.26. The van der Waals surface area contributed by atoms with E-state index in [1.54, 1.807) is 18.2 Å². The number of aliphatic hydroxyl groups excluding tert-OH is 1. The van der Waals surface area contributed by atoms with Gasteiger partial charge in [-0.3, -0.25) is 14.5 Å². The van der Waals surface area contributed by atoms with Crippen LogP contribution < -0.4 is 14.4 Å². The fourth-order valence-electron chi connectivity index (χ4n) is 4.48. The summed E-state index contributed by atoms with van der Waals surface area (Å²) in [6, 6.07) is 15.5. The van der Waals surface area contributed by atoms with Gasteiger partial charge in [-0.1, -0.05) is 48.4 Å². The Hall–Kier alpha value is -4.30. The van der Waals surface area contributed by atoms with E-state index in [0.29, 0.717) is 29.8 Å². The quantitative estimate of drug-likeness (QED) is 0.162. The van der Waals surface area contributed by atoms with E-state index in [-0.39, 0.29) is 27.7 Å². The third-order valence-electron chi connectivity index (χ3n) is 6.35. The highest BCUT2D eigenvalue weighted by Crippen LogP contribution is 2.45. The first kappa shape index (κ1) is 27.7. The van der Waals surface area contributed by atoms with Crippen LogP contribution in [0.1, 0.15) is 46.4 Å². The average Bonchev–Trinajstić information content (AvgIpc) is 3.21. The van der Waals surface area contributed by atoms with Crippen LogP contribution in [0.4, 0.5) is 5.69 Å². The highest BCUT2D eigenvalue weighted by molar-refractivity contribution is 6.51. The summed E-state index contributed by atoms with van der Waals surface area (Å²) in [5, 5.41) is 11.8. The molecule has 1 heterocycles. The lowest BCUT2D eigenvalue weighted by molar-refractivity contribution is -0.132. The normalized spacial score (nSPS) is 16.3. The zero-order valence-electron chi connectivity index (χ0n) is 22.0. The van der Waals surface area contributed by atoms with Gasteiger partial charge in [-0.2, -0.15) is 0 Å². The van der Waals surface area contributed by atoms with Gasteiger partial charge in [0, 0.05) is 11.8 Å². The number of aliphatic hydroxyl groups is 1. The lowest BCUT2D eigenvalue weighted by atomic mass is 9.94. The van der Waals surface area contributed by atoms with Crippen molar-refractivity contribution in [2.45, 2.75) is 26.3 Å². The van der Waals surface area contributed by atoms with Gasteiger partial charge in [0.15, 0.2) is 0 Å². The van der Waals surface area contributed by atoms with E-state index in [1.165, 1.54) is 43.4 Å². The number of nitrogens with zero attached hydrogens (tertiary/aromatic N) is 1. The minimum absolute atomic E-state index is 0.125. The zero-order chi connectivity index (χ0) is 28.3. The number of ether oxygens (including phenoxy) is 3. The maximum absolute atomic E-state index is 13.5. The largest absolute Gasteiger partial charge is 0.507 e. The van der Waals surface area contributed by atoms with Crippen LogP contribution in [0.25, 0.3) is 5.76 Å². The van der Waals surface area contributed by atoms with Crippen molar-refractivity contribution in [3.8, 4) is 11.5 Å². The third-order valence-corrected chi connectivity index (χ3v) is 6.65. The molecular formula is C30H28ClNO7. The maximum atomic E-state index is 13.5. The molecule has 1 atom stereocenters. The molecule has 9 heteroatoms. The number of esters is 1. The molecule has 3 aromatic carbocycles. The van der Waals surface area contributed by atoms with Gasteiger partial charge in [-0.05, 0) is 49.2 Å². The fraction of sp³-hybridized carbons (Fsp3) is 0.233. The first-order valence-electron chi connectivity index (χ1n) is 12.3. The van der Waals surface area contributed by atoms with Gasteiger partial charge in [0.2, 0.25) is 0 Å². The number of amides is 1. The van der Waals surface area contributed by atoms with E-state index in [2.05, 4.69) is 0 Å². The Morgan fingerprint density at radius 3 is 2.31 bits per heavy atom. The molecule has 8 nitrogen and oxygen atoms in total. The van der Waals surface area contributed by atoms with Crippen molar-refractivity contribution in [3.05, 3.63) is 93.5 Å². The molecule has 0 aromatic heterocycles. The van der Waals surface area contributed by atoms with E-state index in [1.807, 2.05) is 32.0 Å². The SMILES string of the molecule is CCCOC(=O)c1ccc(N2C(=O)C(=O)/C(=C(/O)c3cc(OC)c(Cl)cc3OC)C2c2cccc(C)c2)cc1. The van der Waals surface area contributed by atoms with Gasteiger partial charge in [-0.15, -0.1) is 0 Å². The van der Waals surface area contributed by atoms with E-state index in [0.717, 1.165) is 5.56 Å². The van der Waals surface area contributed by atoms with Crippen LogP contribution >= 0.6 is 11.6 Å². The predicted molar refractivity (Wildman–Crippen MR) is 148 cm³/mol. The summed E-state index contributed by atoms with van der Waals surface area (Å²) in [6.07, 6.45) is 0.690. The molecule has 1 aliphatic heterocycles. The van der Waals surface area contributed by atoms with Crippen molar-refractivity contribution >= 4 is 40.7 Å². The smallest absolute Gasteiger partial charge is 0.338 e. The molecule has 0 aliphatic carbocycles. The van der Waals surface area contributed by atoms with Gasteiger partial charge in [0.05, 0.1) is 48.6 Å². The van der Waals surface area contributed by atoms with E-state index in [9.17, 15) is 19.5 Å². The molecule has 0 radical (unpaired) electrons. The third kappa shape index (κ3) is 5.33. The Morgan fingerprint density at radius 1 is 1.00 bits per heavy atom. The van der Waals surface area contributed by atoms with Crippen molar-refractivity contribution in [2.24, 2.45) is 0 Å². The number of hydrogen-bond donors (Lipinski definition) is 1. The number of aryl methyl sites for hydroxylation is 1. The highest BCUT2D eigenvalue weighted by atomic mass is 35.5. The minimum Gasteiger partial charge on any atom is -0.507 e. The van der Waals surface area contributed by atoms with Crippen LogP contribution in [0.15, 0.2) is 66.2 Å². The van der Waals surface area contributed by atoms with E-state index in [4.69, 9.17) is 25.8 Å². The molecule has 1 unspecified atom stereocenters. The molecule has 3 aromatic rings. The highest BCUT2D eigenvalue weighted by Gasteiger charge is 2.47. The van der Waals surface area contributed by atoms with Gasteiger partial charge < -0.3 is 19.3 Å². The average molecular weight is 550 g/mol. The van der Waals surface area contributed by atoms with Crippen molar-refractivity contribution < 1.29 is 33.7 Å². The molecule has 1 saturated heterocycles. The number of benzene rings is 3. The van der Waals surface area contributed by atoms with Crippen molar-refractivity contribution in [1.29, 1.82) is 0 Å². The summed E-state index contributed by atoms with van der Waals surface area (Å²) in [6.45, 7) is 4.08. The van der Waals surface area contributed by atoms with Crippen LogP contribution in [-0.4, -0.2) is 43.6 Å². The molecule has 1 aliphatic rings. The lowest BCUT2D eigenvalue weighted by Crippen LogP contribution is -2.29. The number of ketones is 1. The summed E-state index contributed by atoms with van der Waals surface area (Å²) in [5.41, 5.74) is 2.22.